The molecule has 0 radical (unpaired) electrons. The summed E-state index contributed by atoms with van der Waals surface area (Å²) < 4.78 is 0. The molecule has 1 aliphatic heterocycles. The van der Waals surface area contributed by atoms with Gasteiger partial charge in [0.2, 0.25) is 5.95 Å². The molecule has 0 bridgehead atoms. The van der Waals surface area contributed by atoms with Gasteiger partial charge in [0.15, 0.2) is 0 Å². The van der Waals surface area contributed by atoms with Crippen molar-refractivity contribution >= 4 is 23.4 Å². The summed E-state index contributed by atoms with van der Waals surface area (Å²) in [7, 11) is 0. The Morgan fingerprint density at radius 3 is 2.28 bits per heavy atom. The summed E-state index contributed by atoms with van der Waals surface area (Å²) in [5.41, 5.74) is 3.61. The third-order valence-electron chi connectivity index (χ3n) is 5.21. The molecule has 0 aliphatic carbocycles. The van der Waals surface area contributed by atoms with Gasteiger partial charge in [0.1, 0.15) is 5.82 Å². The first-order chi connectivity index (χ1) is 14.1. The second kappa shape index (κ2) is 8.26. The van der Waals surface area contributed by atoms with Crippen LogP contribution in [0.2, 0.25) is 0 Å². The number of rotatable bonds is 4. The van der Waals surface area contributed by atoms with E-state index in [2.05, 4.69) is 30.1 Å². The molecule has 1 aromatic carbocycles. The van der Waals surface area contributed by atoms with Crippen LogP contribution in [0.4, 0.5) is 17.5 Å². The fourth-order valence-electron chi connectivity index (χ4n) is 3.32. The zero-order chi connectivity index (χ0) is 20.2. The van der Waals surface area contributed by atoms with Crippen LogP contribution in [-0.2, 0) is 0 Å². The Bertz CT molecular complexity index is 982. The van der Waals surface area contributed by atoms with Crippen molar-refractivity contribution in [2.24, 2.45) is 0 Å². The molecule has 29 heavy (non-hydrogen) atoms. The Morgan fingerprint density at radius 2 is 1.62 bits per heavy atom. The molecule has 2 aromatic heterocycles. The molecule has 1 amide bonds. The van der Waals surface area contributed by atoms with Crippen molar-refractivity contribution in [3.8, 4) is 0 Å². The van der Waals surface area contributed by atoms with Gasteiger partial charge >= 0.3 is 0 Å². The average molecular weight is 388 g/mol. The smallest absolute Gasteiger partial charge is 0.255 e. The van der Waals surface area contributed by atoms with E-state index in [1.54, 1.807) is 18.6 Å². The monoisotopic (exact) mass is 388 g/mol. The fraction of sp³-hybridized carbons (Fsp3) is 0.273. The normalized spacial score (nSPS) is 14.0. The molecule has 0 unspecified atom stereocenters. The minimum absolute atomic E-state index is 0.126. The zero-order valence-corrected chi connectivity index (χ0v) is 16.7. The van der Waals surface area contributed by atoms with E-state index in [1.165, 1.54) is 5.56 Å². The molecule has 148 valence electrons. The number of hydrogen-bond acceptors (Lipinski definition) is 6. The van der Waals surface area contributed by atoms with E-state index < -0.39 is 0 Å². The number of aromatic nitrogens is 3. The number of anilines is 3. The van der Waals surface area contributed by atoms with Crippen molar-refractivity contribution in [1.82, 2.24) is 15.0 Å². The van der Waals surface area contributed by atoms with E-state index in [4.69, 9.17) is 0 Å². The highest BCUT2D eigenvalue weighted by atomic mass is 16.1. The van der Waals surface area contributed by atoms with Gasteiger partial charge < -0.3 is 15.1 Å². The molecular weight excluding hydrogens is 364 g/mol. The molecule has 1 fully saturated rings. The summed E-state index contributed by atoms with van der Waals surface area (Å²) in [6.07, 6.45) is 5.24. The lowest BCUT2D eigenvalue weighted by Crippen LogP contribution is -2.47. The van der Waals surface area contributed by atoms with Crippen molar-refractivity contribution in [2.75, 3.05) is 41.3 Å². The number of piperazine rings is 1. The molecule has 0 spiro atoms. The molecule has 3 heterocycles. The van der Waals surface area contributed by atoms with Crippen LogP contribution in [0.15, 0.2) is 55.0 Å². The van der Waals surface area contributed by atoms with Crippen LogP contribution in [0.3, 0.4) is 0 Å². The second-order valence-corrected chi connectivity index (χ2v) is 7.18. The van der Waals surface area contributed by atoms with Gasteiger partial charge in [0, 0.05) is 44.1 Å². The largest absolute Gasteiger partial charge is 0.353 e. The first-order valence-corrected chi connectivity index (χ1v) is 9.72. The van der Waals surface area contributed by atoms with Gasteiger partial charge in [-0.3, -0.25) is 4.79 Å². The van der Waals surface area contributed by atoms with E-state index in [0.717, 1.165) is 43.5 Å². The average Bonchev–Trinajstić information content (AvgIpc) is 2.77. The molecule has 4 rings (SSSR count). The number of carbonyl (C=O) groups is 1. The first-order valence-electron chi connectivity index (χ1n) is 9.72. The van der Waals surface area contributed by atoms with Crippen LogP contribution in [0.25, 0.3) is 0 Å². The number of aryl methyl sites for hydroxylation is 2. The van der Waals surface area contributed by atoms with Crippen LogP contribution < -0.4 is 15.1 Å². The molecular formula is C22H24N6O. The third kappa shape index (κ3) is 4.34. The molecule has 1 aliphatic rings. The number of nitrogens with one attached hydrogen (secondary N) is 1. The lowest BCUT2D eigenvalue weighted by Gasteiger charge is -2.35. The second-order valence-electron chi connectivity index (χ2n) is 7.18. The van der Waals surface area contributed by atoms with Crippen molar-refractivity contribution in [2.45, 2.75) is 13.8 Å². The Kier molecular flexibility index (Phi) is 5.37. The third-order valence-corrected chi connectivity index (χ3v) is 5.21. The van der Waals surface area contributed by atoms with Crippen LogP contribution in [0, 0.1) is 13.8 Å². The van der Waals surface area contributed by atoms with Gasteiger partial charge in [-0.1, -0.05) is 6.07 Å². The topological polar surface area (TPSA) is 74.2 Å². The van der Waals surface area contributed by atoms with E-state index in [9.17, 15) is 4.79 Å². The van der Waals surface area contributed by atoms with Crippen molar-refractivity contribution < 1.29 is 4.79 Å². The zero-order valence-electron chi connectivity index (χ0n) is 16.7. The molecule has 1 saturated heterocycles. The van der Waals surface area contributed by atoms with Crippen LogP contribution in [-0.4, -0.2) is 47.0 Å². The predicted octanol–water partition coefficient (Wildman–Crippen LogP) is 3.07. The Morgan fingerprint density at radius 1 is 0.897 bits per heavy atom. The van der Waals surface area contributed by atoms with E-state index >= 15 is 0 Å². The number of pyridine rings is 1. The number of nitrogens with zero attached hydrogens (tertiary/aromatic N) is 5. The highest BCUT2D eigenvalue weighted by molar-refractivity contribution is 6.04. The quantitative estimate of drug-likeness (QED) is 0.740. The molecule has 0 saturated carbocycles. The number of amides is 1. The summed E-state index contributed by atoms with van der Waals surface area (Å²) in [5, 5.41) is 2.92. The summed E-state index contributed by atoms with van der Waals surface area (Å²) >= 11 is 0. The Labute approximate surface area is 170 Å². The van der Waals surface area contributed by atoms with Crippen LogP contribution in [0.5, 0.6) is 0 Å². The summed E-state index contributed by atoms with van der Waals surface area (Å²) in [5.74, 6) is 1.55. The molecule has 1 N–H and O–H groups in total. The van der Waals surface area contributed by atoms with Crippen LogP contribution in [0.1, 0.15) is 21.5 Å². The van der Waals surface area contributed by atoms with Gasteiger partial charge in [0.05, 0.1) is 11.9 Å². The lowest BCUT2D eigenvalue weighted by molar-refractivity contribution is 0.102. The molecule has 7 nitrogen and oxygen atoms in total. The molecule has 3 aromatic rings. The Hall–Kier alpha value is -3.48. The SMILES string of the molecule is Cc1ccc(C(=O)Nc2ccc(N3CCN(c4ncccn4)CC3)nc2)cc1C. The highest BCUT2D eigenvalue weighted by Crippen LogP contribution is 2.19. The van der Waals surface area contributed by atoms with Gasteiger partial charge in [-0.05, 0) is 55.3 Å². The fourth-order valence-corrected chi connectivity index (χ4v) is 3.32. The summed E-state index contributed by atoms with van der Waals surface area (Å²) in [6, 6.07) is 11.4. The maximum absolute atomic E-state index is 12.5. The van der Waals surface area contributed by atoms with E-state index in [1.807, 2.05) is 50.2 Å². The lowest BCUT2D eigenvalue weighted by atomic mass is 10.1. The maximum atomic E-state index is 12.5. The first kappa shape index (κ1) is 18.9. The Balaban J connectivity index is 1.36. The minimum atomic E-state index is -0.126. The standard InChI is InChI=1S/C22H24N6O/c1-16-4-5-18(14-17(16)2)21(29)26-19-6-7-20(25-15-19)27-10-12-28(13-11-27)22-23-8-3-9-24-22/h3-9,14-15H,10-13H2,1-2H3,(H,26,29). The van der Waals surface area contributed by atoms with Crippen molar-refractivity contribution in [3.05, 3.63) is 71.7 Å². The maximum Gasteiger partial charge on any atom is 0.255 e. The van der Waals surface area contributed by atoms with Crippen LogP contribution >= 0.6 is 0 Å². The van der Waals surface area contributed by atoms with E-state index in [0.29, 0.717) is 11.3 Å². The van der Waals surface area contributed by atoms with Gasteiger partial charge in [-0.2, -0.15) is 0 Å². The van der Waals surface area contributed by atoms with Crippen molar-refractivity contribution in [1.29, 1.82) is 0 Å². The minimum Gasteiger partial charge on any atom is -0.353 e. The van der Waals surface area contributed by atoms with Gasteiger partial charge in [-0.25, -0.2) is 15.0 Å². The highest BCUT2D eigenvalue weighted by Gasteiger charge is 2.19. The summed E-state index contributed by atoms with van der Waals surface area (Å²) in [6.45, 7) is 7.42. The van der Waals surface area contributed by atoms with E-state index in [-0.39, 0.29) is 5.91 Å². The predicted molar refractivity (Wildman–Crippen MR) is 115 cm³/mol. The molecule has 7 heteroatoms. The van der Waals surface area contributed by atoms with Crippen molar-refractivity contribution in [3.63, 3.8) is 0 Å². The number of benzene rings is 1. The number of hydrogen-bond donors (Lipinski definition) is 1. The summed E-state index contributed by atoms with van der Waals surface area (Å²) in [4.78, 5) is 30.0. The molecule has 0 atom stereocenters. The van der Waals surface area contributed by atoms with Gasteiger partial charge in [-0.15, -0.1) is 0 Å². The number of carbonyl (C=O) groups excluding carboxylic acids is 1. The van der Waals surface area contributed by atoms with Gasteiger partial charge in [0.25, 0.3) is 5.91 Å².